The molecule has 0 atom stereocenters. The highest BCUT2D eigenvalue weighted by Gasteiger charge is 2.05. The second-order valence-electron chi connectivity index (χ2n) is 4.47. The molecule has 0 radical (unpaired) electrons. The van der Waals surface area contributed by atoms with Gasteiger partial charge >= 0.3 is 0 Å². The molecule has 0 aliphatic heterocycles. The molecule has 0 amide bonds. The minimum atomic E-state index is -0.374. The molecular weight excluding hydrogens is 305 g/mol. The lowest BCUT2D eigenvalue weighted by atomic mass is 10.2. The van der Waals surface area contributed by atoms with Gasteiger partial charge in [-0.05, 0) is 35.9 Å². The van der Waals surface area contributed by atoms with Crippen LogP contribution in [0.4, 0.5) is 4.39 Å². The average molecular weight is 315 g/mol. The topological polar surface area (TPSA) is 63.1 Å². The summed E-state index contributed by atoms with van der Waals surface area (Å²) in [4.78, 5) is 26.3. The Kier molecular flexibility index (Phi) is 3.84. The molecule has 0 saturated carbocycles. The first-order valence-corrected chi connectivity index (χ1v) is 7.19. The van der Waals surface area contributed by atoms with Crippen LogP contribution in [-0.4, -0.2) is 10.8 Å². The maximum atomic E-state index is 13.1. The SMILES string of the molecule is O=C(/C=c1/[nH]c(=O)/c(=C\c2cccc(F)c2)s1)c1ccco1. The summed E-state index contributed by atoms with van der Waals surface area (Å²) < 4.78 is 18.9. The number of halogens is 1. The number of carbonyl (C=O) groups excluding carboxylic acids is 1. The number of hydrogen-bond donors (Lipinski definition) is 1. The monoisotopic (exact) mass is 315 g/mol. The zero-order chi connectivity index (χ0) is 15.5. The molecule has 3 aromatic rings. The molecule has 0 aliphatic rings. The fraction of sp³-hybridized carbons (Fsp3) is 0. The Balaban J connectivity index is 2.01. The lowest BCUT2D eigenvalue weighted by molar-refractivity contribution is 0.103. The largest absolute Gasteiger partial charge is 0.461 e. The molecule has 0 spiro atoms. The number of furan rings is 1. The van der Waals surface area contributed by atoms with Crippen molar-refractivity contribution >= 4 is 29.3 Å². The number of rotatable bonds is 3. The number of thiazole rings is 1. The molecule has 0 saturated heterocycles. The Morgan fingerprint density at radius 2 is 2.14 bits per heavy atom. The summed E-state index contributed by atoms with van der Waals surface area (Å²) in [5.41, 5.74) is 0.254. The summed E-state index contributed by atoms with van der Waals surface area (Å²) in [5.74, 6) is -0.508. The third-order valence-electron chi connectivity index (χ3n) is 2.85. The van der Waals surface area contributed by atoms with E-state index >= 15 is 0 Å². The molecule has 4 nitrogen and oxygen atoms in total. The van der Waals surface area contributed by atoms with Crippen molar-refractivity contribution in [1.29, 1.82) is 0 Å². The van der Waals surface area contributed by atoms with Gasteiger partial charge in [-0.3, -0.25) is 9.59 Å². The Labute approximate surface area is 127 Å². The zero-order valence-corrected chi connectivity index (χ0v) is 12.0. The van der Waals surface area contributed by atoms with Crippen LogP contribution in [0.5, 0.6) is 0 Å². The Hall–Kier alpha value is -2.73. The first-order valence-electron chi connectivity index (χ1n) is 6.38. The van der Waals surface area contributed by atoms with E-state index in [9.17, 15) is 14.0 Å². The third-order valence-corrected chi connectivity index (χ3v) is 3.82. The van der Waals surface area contributed by atoms with Gasteiger partial charge in [-0.1, -0.05) is 12.1 Å². The Bertz CT molecular complexity index is 983. The third kappa shape index (κ3) is 3.12. The van der Waals surface area contributed by atoms with Gasteiger partial charge in [-0.25, -0.2) is 4.39 Å². The highest BCUT2D eigenvalue weighted by atomic mass is 32.1. The van der Waals surface area contributed by atoms with Crippen LogP contribution in [0.2, 0.25) is 0 Å². The molecule has 2 heterocycles. The second-order valence-corrected chi connectivity index (χ2v) is 5.55. The van der Waals surface area contributed by atoms with E-state index in [1.54, 1.807) is 30.3 Å². The molecule has 2 aromatic heterocycles. The van der Waals surface area contributed by atoms with Crippen molar-refractivity contribution in [2.45, 2.75) is 0 Å². The van der Waals surface area contributed by atoms with E-state index in [0.29, 0.717) is 14.8 Å². The smallest absolute Gasteiger partial charge is 0.266 e. The van der Waals surface area contributed by atoms with Crippen LogP contribution in [0.25, 0.3) is 12.2 Å². The van der Waals surface area contributed by atoms with E-state index in [1.165, 1.54) is 24.5 Å². The maximum Gasteiger partial charge on any atom is 0.266 e. The number of benzene rings is 1. The molecule has 0 bridgehead atoms. The van der Waals surface area contributed by atoms with E-state index in [2.05, 4.69) is 4.98 Å². The van der Waals surface area contributed by atoms with E-state index in [4.69, 9.17) is 4.42 Å². The van der Waals surface area contributed by atoms with Crippen molar-refractivity contribution < 1.29 is 13.6 Å². The molecular formula is C16H10FNO3S. The van der Waals surface area contributed by atoms with E-state index in [0.717, 1.165) is 11.3 Å². The van der Waals surface area contributed by atoms with Crippen LogP contribution in [-0.2, 0) is 0 Å². The van der Waals surface area contributed by atoms with Gasteiger partial charge in [0.1, 0.15) is 5.82 Å². The molecule has 3 rings (SSSR count). The van der Waals surface area contributed by atoms with Gasteiger partial charge in [0.05, 0.1) is 15.5 Å². The maximum absolute atomic E-state index is 13.1. The lowest BCUT2D eigenvalue weighted by Crippen LogP contribution is -2.20. The number of hydrogen-bond acceptors (Lipinski definition) is 4. The zero-order valence-electron chi connectivity index (χ0n) is 11.2. The predicted molar refractivity (Wildman–Crippen MR) is 81.7 cm³/mol. The van der Waals surface area contributed by atoms with Gasteiger partial charge in [-0.2, -0.15) is 0 Å². The average Bonchev–Trinajstić information content (AvgIpc) is 3.10. The summed E-state index contributed by atoms with van der Waals surface area (Å²) in [6.45, 7) is 0. The number of aromatic nitrogens is 1. The van der Waals surface area contributed by atoms with Crippen molar-refractivity contribution in [3.05, 3.63) is 79.4 Å². The number of carbonyl (C=O) groups is 1. The molecule has 1 aromatic carbocycles. The number of H-pyrrole nitrogens is 1. The molecule has 0 fully saturated rings. The molecule has 1 N–H and O–H groups in total. The number of nitrogens with one attached hydrogen (secondary N) is 1. The normalized spacial score (nSPS) is 12.8. The quantitative estimate of drug-likeness (QED) is 0.748. The Morgan fingerprint density at radius 3 is 2.86 bits per heavy atom. The van der Waals surface area contributed by atoms with Crippen LogP contribution in [0, 0.1) is 5.82 Å². The Morgan fingerprint density at radius 1 is 1.27 bits per heavy atom. The van der Waals surface area contributed by atoms with Crippen molar-refractivity contribution in [3.8, 4) is 0 Å². The second kappa shape index (κ2) is 5.95. The molecule has 0 unspecified atom stereocenters. The van der Waals surface area contributed by atoms with Gasteiger partial charge in [0.25, 0.3) is 5.56 Å². The molecule has 0 aliphatic carbocycles. The first-order chi connectivity index (χ1) is 10.6. The summed E-state index contributed by atoms with van der Waals surface area (Å²) >= 11 is 1.12. The van der Waals surface area contributed by atoms with Crippen molar-refractivity contribution in [3.63, 3.8) is 0 Å². The molecule has 22 heavy (non-hydrogen) atoms. The first kappa shape index (κ1) is 14.2. The van der Waals surface area contributed by atoms with Crippen molar-refractivity contribution in [2.24, 2.45) is 0 Å². The highest BCUT2D eigenvalue weighted by Crippen LogP contribution is 2.04. The van der Waals surface area contributed by atoms with E-state index < -0.39 is 0 Å². The fourth-order valence-corrected chi connectivity index (χ4v) is 2.77. The minimum Gasteiger partial charge on any atom is -0.461 e. The van der Waals surface area contributed by atoms with Crippen LogP contribution in [0.1, 0.15) is 16.1 Å². The van der Waals surface area contributed by atoms with Crippen molar-refractivity contribution in [1.82, 2.24) is 4.98 Å². The van der Waals surface area contributed by atoms with Gasteiger partial charge in [0.2, 0.25) is 5.78 Å². The standard InChI is InChI=1S/C16H10FNO3S/c17-11-4-1-3-10(7-11)8-14-16(20)18-15(22-14)9-12(19)13-5-2-6-21-13/h1-9H,(H,18,20)/b14-8+,15-9-. The summed E-state index contributed by atoms with van der Waals surface area (Å²) in [5, 5.41) is 0. The minimum absolute atomic E-state index is 0.199. The summed E-state index contributed by atoms with van der Waals surface area (Å²) in [7, 11) is 0. The molecule has 110 valence electrons. The lowest BCUT2D eigenvalue weighted by Gasteiger charge is -1.90. The highest BCUT2D eigenvalue weighted by molar-refractivity contribution is 7.07. The van der Waals surface area contributed by atoms with Gasteiger partial charge in [-0.15, -0.1) is 11.3 Å². The van der Waals surface area contributed by atoms with E-state index in [1.807, 2.05) is 0 Å². The van der Waals surface area contributed by atoms with Crippen molar-refractivity contribution in [2.75, 3.05) is 0 Å². The number of aromatic amines is 1. The van der Waals surface area contributed by atoms with Crippen LogP contribution in [0.15, 0.2) is 51.9 Å². The number of Topliss-reactive ketones (excluding diaryl/α,β-unsaturated/α-hetero) is 1. The number of ketones is 1. The van der Waals surface area contributed by atoms with Crippen LogP contribution >= 0.6 is 11.3 Å². The fourth-order valence-electron chi connectivity index (χ4n) is 1.88. The summed E-state index contributed by atoms with van der Waals surface area (Å²) in [6, 6.07) is 9.08. The molecule has 6 heteroatoms. The van der Waals surface area contributed by atoms with Gasteiger partial charge in [0, 0.05) is 6.08 Å². The van der Waals surface area contributed by atoms with Crippen LogP contribution < -0.4 is 14.8 Å². The van der Waals surface area contributed by atoms with Gasteiger partial charge < -0.3 is 9.40 Å². The summed E-state index contributed by atoms with van der Waals surface area (Å²) in [6.07, 6.45) is 4.27. The van der Waals surface area contributed by atoms with E-state index in [-0.39, 0.29) is 22.9 Å². The van der Waals surface area contributed by atoms with Gasteiger partial charge in [0.15, 0.2) is 5.76 Å². The van der Waals surface area contributed by atoms with Crippen LogP contribution in [0.3, 0.4) is 0 Å². The predicted octanol–water partition coefficient (Wildman–Crippen LogP) is 1.66.